The zero-order valence-corrected chi connectivity index (χ0v) is 26.2. The van der Waals surface area contributed by atoms with Gasteiger partial charge in [0.1, 0.15) is 12.1 Å². The fraction of sp³-hybridized carbons (Fsp3) is 0.270. The van der Waals surface area contributed by atoms with E-state index in [1.807, 2.05) is 68.6 Å². The van der Waals surface area contributed by atoms with Crippen LogP contribution in [0.3, 0.4) is 0 Å². The minimum Gasteiger partial charge on any atom is -0.354 e. The number of nitrogens with zero attached hydrogens (tertiary/aromatic N) is 1. The lowest BCUT2D eigenvalue weighted by atomic mass is 10.0. The normalized spacial score (nSPS) is 12.8. The number of carbonyl (C=O) groups excluding carboxylic acids is 2. The lowest BCUT2D eigenvalue weighted by molar-refractivity contribution is -0.130. The average molecular weight is 592 g/mol. The van der Waals surface area contributed by atoms with Crippen LogP contribution in [0.4, 0.5) is 0 Å². The molecule has 2 N–H and O–H groups in total. The van der Waals surface area contributed by atoms with Crippen molar-refractivity contribution in [2.24, 2.45) is 10.9 Å². The number of carbonyl (C=O) groups is 2. The van der Waals surface area contributed by atoms with Gasteiger partial charge in [0.05, 0.1) is 0 Å². The van der Waals surface area contributed by atoms with Crippen molar-refractivity contribution in [1.29, 1.82) is 0 Å². The highest BCUT2D eigenvalue weighted by atomic mass is 31.1. The summed E-state index contributed by atoms with van der Waals surface area (Å²) in [5.74, 6) is -0.476. The SMILES string of the molecule is CCCCNC(=O)[C@H](Cc1ccccc1)NC(=O)C(N=Cc1ccccc1P(c1ccccc1)c1ccccc1)C(C)C. The van der Waals surface area contributed by atoms with Crippen LogP contribution in [0, 0.1) is 5.92 Å². The first kappa shape index (κ1) is 31.8. The number of amides is 2. The van der Waals surface area contributed by atoms with Crippen molar-refractivity contribution in [1.82, 2.24) is 10.6 Å². The maximum Gasteiger partial charge on any atom is 0.245 e. The van der Waals surface area contributed by atoms with E-state index in [0.717, 1.165) is 24.0 Å². The quantitative estimate of drug-likeness (QED) is 0.115. The van der Waals surface area contributed by atoms with Crippen LogP contribution in [-0.4, -0.2) is 36.7 Å². The summed E-state index contributed by atoms with van der Waals surface area (Å²) < 4.78 is 0. The molecule has 6 heteroatoms. The first-order chi connectivity index (χ1) is 21.0. The summed E-state index contributed by atoms with van der Waals surface area (Å²) in [5.41, 5.74) is 1.98. The van der Waals surface area contributed by atoms with Crippen LogP contribution in [0.25, 0.3) is 0 Å². The van der Waals surface area contributed by atoms with E-state index < -0.39 is 20.0 Å². The minimum absolute atomic E-state index is 0.0614. The van der Waals surface area contributed by atoms with Crippen molar-refractivity contribution in [3.05, 3.63) is 126 Å². The molecular weight excluding hydrogens is 549 g/mol. The third kappa shape index (κ3) is 9.20. The van der Waals surface area contributed by atoms with E-state index >= 15 is 0 Å². The first-order valence-corrected chi connectivity index (χ1v) is 16.5. The Morgan fingerprint density at radius 3 is 1.91 bits per heavy atom. The molecule has 2 atom stereocenters. The predicted molar refractivity (Wildman–Crippen MR) is 181 cm³/mol. The van der Waals surface area contributed by atoms with Crippen molar-refractivity contribution in [2.75, 3.05) is 6.54 Å². The van der Waals surface area contributed by atoms with Crippen LogP contribution in [0.2, 0.25) is 0 Å². The molecule has 1 unspecified atom stereocenters. The van der Waals surface area contributed by atoms with E-state index in [-0.39, 0.29) is 17.7 Å². The van der Waals surface area contributed by atoms with Crippen molar-refractivity contribution in [3.8, 4) is 0 Å². The molecular formula is C37H42N3O2P. The summed E-state index contributed by atoms with van der Waals surface area (Å²) in [7, 11) is -0.832. The molecule has 0 aromatic heterocycles. The van der Waals surface area contributed by atoms with Gasteiger partial charge >= 0.3 is 0 Å². The van der Waals surface area contributed by atoms with Gasteiger partial charge in [-0.3, -0.25) is 14.6 Å². The molecule has 222 valence electrons. The Kier molecular flexibility index (Phi) is 12.2. The topological polar surface area (TPSA) is 70.6 Å². The molecule has 4 aromatic rings. The van der Waals surface area contributed by atoms with Gasteiger partial charge in [-0.15, -0.1) is 0 Å². The Morgan fingerprint density at radius 2 is 1.33 bits per heavy atom. The van der Waals surface area contributed by atoms with E-state index in [2.05, 4.69) is 84.3 Å². The molecule has 0 saturated heterocycles. The average Bonchev–Trinajstić information content (AvgIpc) is 3.03. The maximum atomic E-state index is 13.7. The fourth-order valence-corrected chi connectivity index (χ4v) is 7.33. The molecule has 0 spiro atoms. The van der Waals surface area contributed by atoms with Gasteiger partial charge in [0.25, 0.3) is 0 Å². The van der Waals surface area contributed by atoms with Crippen LogP contribution in [0.5, 0.6) is 0 Å². The molecule has 0 bridgehead atoms. The second-order valence-corrected chi connectivity index (χ2v) is 13.1. The number of hydrogen-bond donors (Lipinski definition) is 2. The molecule has 0 heterocycles. The zero-order chi connectivity index (χ0) is 30.4. The molecule has 4 aromatic carbocycles. The summed E-state index contributed by atoms with van der Waals surface area (Å²) >= 11 is 0. The molecule has 0 aliphatic heterocycles. The second-order valence-electron chi connectivity index (χ2n) is 10.9. The van der Waals surface area contributed by atoms with E-state index in [9.17, 15) is 9.59 Å². The van der Waals surface area contributed by atoms with E-state index in [0.29, 0.717) is 13.0 Å². The lowest BCUT2D eigenvalue weighted by Gasteiger charge is -2.23. The Labute approximate surface area is 257 Å². The highest BCUT2D eigenvalue weighted by Crippen LogP contribution is 2.33. The van der Waals surface area contributed by atoms with Gasteiger partial charge in [-0.2, -0.15) is 0 Å². The third-order valence-electron chi connectivity index (χ3n) is 7.23. The number of unbranched alkanes of at least 4 members (excludes halogenated alkanes) is 1. The van der Waals surface area contributed by atoms with Crippen molar-refractivity contribution < 1.29 is 9.59 Å². The molecule has 2 amide bonds. The predicted octanol–water partition coefficient (Wildman–Crippen LogP) is 5.53. The Morgan fingerprint density at radius 1 is 0.767 bits per heavy atom. The summed E-state index contributed by atoms with van der Waals surface area (Å²) in [4.78, 5) is 31.7. The minimum atomic E-state index is -0.832. The maximum absolute atomic E-state index is 13.7. The molecule has 0 aliphatic rings. The van der Waals surface area contributed by atoms with Crippen LogP contribution >= 0.6 is 7.92 Å². The third-order valence-corrected chi connectivity index (χ3v) is 9.74. The summed E-state index contributed by atoms with van der Waals surface area (Å²) in [6.07, 6.45) is 4.14. The van der Waals surface area contributed by atoms with Crippen LogP contribution in [-0.2, 0) is 16.0 Å². The van der Waals surface area contributed by atoms with Crippen molar-refractivity contribution >= 4 is 41.9 Å². The molecule has 0 fully saturated rings. The monoisotopic (exact) mass is 591 g/mol. The molecule has 0 saturated carbocycles. The number of nitrogens with one attached hydrogen (secondary N) is 2. The van der Waals surface area contributed by atoms with E-state index in [4.69, 9.17) is 4.99 Å². The summed E-state index contributed by atoms with van der Waals surface area (Å²) in [6, 6.07) is 37.9. The standard InChI is InChI=1S/C37H42N3O2P/c1-4-5-25-38-36(41)33(26-29-17-9-6-10-18-29)40-37(42)35(28(2)3)39-27-30-19-15-16-24-34(30)43(31-20-11-7-12-21-31)32-22-13-8-14-23-32/h6-24,27-28,33,35H,4-5,25-26H2,1-3H3,(H,38,41)(H,40,42)/t33-,35?/m0/s1. The Hall–Kier alpha value is -4.08. The van der Waals surface area contributed by atoms with Crippen LogP contribution in [0.1, 0.15) is 44.7 Å². The highest BCUT2D eigenvalue weighted by molar-refractivity contribution is 7.80. The number of aliphatic imine (C=N–C) groups is 1. The smallest absolute Gasteiger partial charge is 0.245 e. The van der Waals surface area contributed by atoms with E-state index in [1.165, 1.54) is 15.9 Å². The highest BCUT2D eigenvalue weighted by Gasteiger charge is 2.27. The molecule has 0 radical (unpaired) electrons. The first-order valence-electron chi connectivity index (χ1n) is 15.1. The zero-order valence-electron chi connectivity index (χ0n) is 25.3. The molecule has 43 heavy (non-hydrogen) atoms. The number of benzene rings is 4. The summed E-state index contributed by atoms with van der Waals surface area (Å²) in [5, 5.41) is 9.72. The number of hydrogen-bond acceptors (Lipinski definition) is 3. The molecule has 0 aliphatic carbocycles. The summed E-state index contributed by atoms with van der Waals surface area (Å²) in [6.45, 7) is 6.65. The largest absolute Gasteiger partial charge is 0.354 e. The Bertz CT molecular complexity index is 1420. The second kappa shape index (κ2) is 16.5. The van der Waals surface area contributed by atoms with Crippen LogP contribution in [0.15, 0.2) is 120 Å². The van der Waals surface area contributed by atoms with Crippen LogP contribution < -0.4 is 26.5 Å². The van der Waals surface area contributed by atoms with Gasteiger partial charge in [0, 0.05) is 24.7 Å². The fourth-order valence-electron chi connectivity index (χ4n) is 4.91. The van der Waals surface area contributed by atoms with Gasteiger partial charge in [-0.1, -0.05) is 142 Å². The van der Waals surface area contributed by atoms with Gasteiger partial charge < -0.3 is 10.6 Å². The van der Waals surface area contributed by atoms with Gasteiger partial charge in [0.2, 0.25) is 11.8 Å². The van der Waals surface area contributed by atoms with Crippen molar-refractivity contribution in [2.45, 2.75) is 52.1 Å². The molecule has 5 nitrogen and oxygen atoms in total. The van der Waals surface area contributed by atoms with E-state index in [1.54, 1.807) is 0 Å². The van der Waals surface area contributed by atoms with Crippen molar-refractivity contribution in [3.63, 3.8) is 0 Å². The van der Waals surface area contributed by atoms with Gasteiger partial charge in [0.15, 0.2) is 0 Å². The lowest BCUT2D eigenvalue weighted by Crippen LogP contribution is -2.51. The van der Waals surface area contributed by atoms with Gasteiger partial charge in [-0.25, -0.2) is 0 Å². The number of rotatable bonds is 14. The Balaban J connectivity index is 1.61. The van der Waals surface area contributed by atoms with Gasteiger partial charge in [-0.05, 0) is 41.7 Å². The molecule has 4 rings (SSSR count).